The van der Waals surface area contributed by atoms with Gasteiger partial charge in [0.1, 0.15) is 11.4 Å². The molecule has 0 spiro atoms. The molecule has 1 rings (SSSR count). The van der Waals surface area contributed by atoms with Gasteiger partial charge < -0.3 is 14.8 Å². The Balaban J connectivity index is 3.03. The highest BCUT2D eigenvalue weighted by atomic mass is 19.4. The summed E-state index contributed by atoms with van der Waals surface area (Å²) in [6.07, 6.45) is -1.66. The van der Waals surface area contributed by atoms with Crippen molar-refractivity contribution in [3.05, 3.63) is 23.8 Å². The molecule has 0 fully saturated rings. The Hall–Kier alpha value is -1.76. The van der Waals surface area contributed by atoms with Crippen LogP contribution in [-0.4, -0.2) is 25.2 Å². The maximum absolute atomic E-state index is 13.1. The molecule has 0 bridgehead atoms. The van der Waals surface area contributed by atoms with E-state index in [2.05, 4.69) is 5.32 Å². The number of unbranched alkanes of at least 4 members (excludes halogenated alkanes) is 1. The molecule has 1 aromatic rings. The van der Waals surface area contributed by atoms with E-state index in [1.807, 2.05) is 13.8 Å². The van der Waals surface area contributed by atoms with E-state index in [0.717, 1.165) is 25.3 Å². The van der Waals surface area contributed by atoms with E-state index in [0.29, 0.717) is 13.0 Å². The number of hydrogen-bond donors (Lipinski definition) is 1. The largest absolute Gasteiger partial charge is 0.496 e. The molecular weight excluding hydrogens is 335 g/mol. The minimum absolute atomic E-state index is 0.0564. The van der Waals surface area contributed by atoms with Crippen molar-refractivity contribution in [1.82, 2.24) is 0 Å². The molecule has 0 radical (unpaired) electrons. The van der Waals surface area contributed by atoms with Crippen LogP contribution in [0.4, 0.5) is 18.9 Å². The van der Waals surface area contributed by atoms with E-state index in [4.69, 9.17) is 9.47 Å². The predicted octanol–water partition coefficient (Wildman–Crippen LogP) is 5.03. The number of carbonyl (C=O) groups is 1. The lowest BCUT2D eigenvalue weighted by Crippen LogP contribution is -2.43. The second kappa shape index (κ2) is 9.08. The van der Waals surface area contributed by atoms with Gasteiger partial charge >= 0.3 is 6.18 Å². The summed E-state index contributed by atoms with van der Waals surface area (Å²) in [4.78, 5) is 12.6. The monoisotopic (exact) mass is 361 g/mol. The van der Waals surface area contributed by atoms with E-state index < -0.39 is 23.2 Å². The fourth-order valence-electron chi connectivity index (χ4n) is 2.36. The fourth-order valence-corrected chi connectivity index (χ4v) is 2.36. The molecule has 142 valence electrons. The highest BCUT2D eigenvalue weighted by Gasteiger charge is 2.36. The third-order valence-corrected chi connectivity index (χ3v) is 3.88. The van der Waals surface area contributed by atoms with Crippen molar-refractivity contribution in [2.45, 2.75) is 58.2 Å². The number of carbonyl (C=O) groups excluding carboxylic acids is 1. The highest BCUT2D eigenvalue weighted by molar-refractivity contribution is 5.97. The fraction of sp³-hybridized carbons (Fsp3) is 0.611. The summed E-state index contributed by atoms with van der Waals surface area (Å²) >= 11 is 0. The standard InChI is InChI=1S/C18H26F3NO3/c1-5-7-10-17(3,25-11-6-2)16(23)22-13-8-9-15(24-4)14(12-13)18(19,20)21/h8-9,12H,5-7,10-11H2,1-4H3,(H,22,23). The lowest BCUT2D eigenvalue weighted by atomic mass is 9.97. The van der Waals surface area contributed by atoms with Gasteiger partial charge in [0.05, 0.1) is 12.7 Å². The average molecular weight is 361 g/mol. The van der Waals surface area contributed by atoms with Crippen molar-refractivity contribution < 1.29 is 27.4 Å². The van der Waals surface area contributed by atoms with E-state index in [1.54, 1.807) is 6.92 Å². The van der Waals surface area contributed by atoms with Gasteiger partial charge in [-0.15, -0.1) is 0 Å². The SMILES string of the molecule is CCCCC(C)(OCCC)C(=O)Nc1ccc(OC)c(C(F)(F)F)c1. The molecule has 1 amide bonds. The van der Waals surface area contributed by atoms with Crippen LogP contribution in [0.3, 0.4) is 0 Å². The van der Waals surface area contributed by atoms with Gasteiger partial charge in [-0.3, -0.25) is 4.79 Å². The summed E-state index contributed by atoms with van der Waals surface area (Å²) < 4.78 is 49.8. The minimum atomic E-state index is -4.57. The number of nitrogens with one attached hydrogen (secondary N) is 1. The Labute approximate surface area is 146 Å². The van der Waals surface area contributed by atoms with E-state index in [1.165, 1.54) is 19.2 Å². The number of methoxy groups -OCH3 is 1. The normalized spacial score (nSPS) is 14.0. The quantitative estimate of drug-likeness (QED) is 0.671. The molecule has 4 nitrogen and oxygen atoms in total. The van der Waals surface area contributed by atoms with Crippen LogP contribution in [0.25, 0.3) is 0 Å². The Kier molecular flexibility index (Phi) is 7.73. The highest BCUT2D eigenvalue weighted by Crippen LogP contribution is 2.38. The molecule has 0 aromatic heterocycles. The molecule has 7 heteroatoms. The summed E-state index contributed by atoms with van der Waals surface area (Å²) in [7, 11) is 1.17. The first-order valence-corrected chi connectivity index (χ1v) is 8.38. The third-order valence-electron chi connectivity index (χ3n) is 3.88. The van der Waals surface area contributed by atoms with Crippen molar-refractivity contribution in [3.63, 3.8) is 0 Å². The van der Waals surface area contributed by atoms with E-state index >= 15 is 0 Å². The molecule has 1 N–H and O–H groups in total. The molecule has 0 aliphatic rings. The zero-order valence-corrected chi connectivity index (χ0v) is 15.1. The zero-order chi connectivity index (χ0) is 19.1. The van der Waals surface area contributed by atoms with Crippen LogP contribution < -0.4 is 10.1 Å². The number of anilines is 1. The Morgan fingerprint density at radius 3 is 2.40 bits per heavy atom. The Morgan fingerprint density at radius 2 is 1.88 bits per heavy atom. The van der Waals surface area contributed by atoms with Gasteiger partial charge in [0.15, 0.2) is 0 Å². The molecular formula is C18H26F3NO3. The van der Waals surface area contributed by atoms with Gasteiger partial charge in [-0.1, -0.05) is 26.7 Å². The van der Waals surface area contributed by atoms with Crippen molar-refractivity contribution in [2.24, 2.45) is 0 Å². The number of alkyl halides is 3. The first-order chi connectivity index (χ1) is 11.7. The van der Waals surface area contributed by atoms with Gasteiger partial charge in [-0.25, -0.2) is 0 Å². The molecule has 0 saturated carbocycles. The topological polar surface area (TPSA) is 47.6 Å². The van der Waals surface area contributed by atoms with Crippen LogP contribution in [0, 0.1) is 0 Å². The summed E-state index contributed by atoms with van der Waals surface area (Å²) in [6.45, 7) is 6.00. The lowest BCUT2D eigenvalue weighted by Gasteiger charge is -2.29. The van der Waals surface area contributed by atoms with Crippen molar-refractivity contribution in [1.29, 1.82) is 0 Å². The molecule has 0 saturated heterocycles. The molecule has 1 atom stereocenters. The summed E-state index contributed by atoms with van der Waals surface area (Å²) in [6, 6.07) is 3.44. The molecule has 0 aliphatic carbocycles. The van der Waals surface area contributed by atoms with Crippen LogP contribution in [0.2, 0.25) is 0 Å². The zero-order valence-electron chi connectivity index (χ0n) is 15.1. The number of ether oxygens (including phenoxy) is 2. The Bertz CT molecular complexity index is 565. The maximum atomic E-state index is 13.1. The maximum Gasteiger partial charge on any atom is 0.420 e. The van der Waals surface area contributed by atoms with Gasteiger partial charge in [-0.05, 0) is 38.0 Å². The van der Waals surface area contributed by atoms with Crippen LogP contribution in [0.1, 0.15) is 52.0 Å². The Morgan fingerprint density at radius 1 is 1.20 bits per heavy atom. The van der Waals surface area contributed by atoms with E-state index in [-0.39, 0.29) is 11.4 Å². The van der Waals surface area contributed by atoms with Gasteiger partial charge in [0, 0.05) is 12.3 Å². The third kappa shape index (κ3) is 5.92. The molecule has 0 aliphatic heterocycles. The molecule has 1 unspecified atom stereocenters. The number of halogens is 3. The summed E-state index contributed by atoms with van der Waals surface area (Å²) in [5.74, 6) is -0.742. The smallest absolute Gasteiger partial charge is 0.420 e. The van der Waals surface area contributed by atoms with Gasteiger partial charge in [-0.2, -0.15) is 13.2 Å². The van der Waals surface area contributed by atoms with Crippen LogP contribution >= 0.6 is 0 Å². The number of rotatable bonds is 9. The van der Waals surface area contributed by atoms with E-state index in [9.17, 15) is 18.0 Å². The summed E-state index contributed by atoms with van der Waals surface area (Å²) in [5, 5.41) is 2.54. The van der Waals surface area contributed by atoms with Gasteiger partial charge in [0.25, 0.3) is 5.91 Å². The number of benzene rings is 1. The van der Waals surface area contributed by atoms with Crippen LogP contribution in [0.15, 0.2) is 18.2 Å². The second-order valence-electron chi connectivity index (χ2n) is 6.05. The first kappa shape index (κ1) is 21.3. The van der Waals surface area contributed by atoms with Crippen molar-refractivity contribution >= 4 is 11.6 Å². The number of amides is 1. The molecule has 0 heterocycles. The minimum Gasteiger partial charge on any atom is -0.496 e. The second-order valence-corrected chi connectivity index (χ2v) is 6.05. The summed E-state index contributed by atoms with van der Waals surface area (Å²) in [5.41, 5.74) is -1.96. The van der Waals surface area contributed by atoms with Crippen LogP contribution in [-0.2, 0) is 15.7 Å². The lowest BCUT2D eigenvalue weighted by molar-refractivity contribution is -0.141. The average Bonchev–Trinajstić information content (AvgIpc) is 2.57. The first-order valence-electron chi connectivity index (χ1n) is 8.38. The van der Waals surface area contributed by atoms with Crippen LogP contribution in [0.5, 0.6) is 5.75 Å². The molecule has 1 aromatic carbocycles. The predicted molar refractivity (Wildman–Crippen MR) is 90.8 cm³/mol. The van der Waals surface area contributed by atoms with Crippen molar-refractivity contribution in [2.75, 3.05) is 19.0 Å². The molecule has 25 heavy (non-hydrogen) atoms. The van der Waals surface area contributed by atoms with Crippen molar-refractivity contribution in [3.8, 4) is 5.75 Å². The van der Waals surface area contributed by atoms with Gasteiger partial charge in [0.2, 0.25) is 0 Å². The number of hydrogen-bond acceptors (Lipinski definition) is 3.